The van der Waals surface area contributed by atoms with E-state index >= 15 is 0 Å². The Labute approximate surface area is 177 Å². The maximum atomic E-state index is 13.2. The van der Waals surface area contributed by atoms with E-state index in [9.17, 15) is 9.90 Å². The molecule has 2 aromatic rings. The SMILES string of the molecule is COc1cc(C(=O)N2c3ccccc3C[C@H]2CO)c(N)cc1O[SH-]#P.[Tl]. The Morgan fingerprint density at radius 3 is 2.77 bits per heavy atom. The van der Waals surface area contributed by atoms with Crippen molar-refractivity contribution in [1.29, 1.82) is 0 Å². The number of hydrogen-bond donors (Lipinski definition) is 2. The summed E-state index contributed by atoms with van der Waals surface area (Å²) in [5.41, 5.74) is 8.47. The van der Waals surface area contributed by atoms with Crippen LogP contribution in [-0.4, -0.2) is 58.1 Å². The Morgan fingerprint density at radius 1 is 1.38 bits per heavy atom. The van der Waals surface area contributed by atoms with Crippen LogP contribution in [0.1, 0.15) is 15.9 Å². The molecule has 6 nitrogen and oxygen atoms in total. The fraction of sp³-hybridized carbons (Fsp3) is 0.235. The molecule has 1 amide bonds. The van der Waals surface area contributed by atoms with E-state index in [4.69, 9.17) is 14.7 Å². The molecule has 0 fully saturated rings. The van der Waals surface area contributed by atoms with Crippen LogP contribution in [0.2, 0.25) is 0 Å². The number of nitrogen functional groups attached to an aromatic ring is 1. The fourth-order valence-electron chi connectivity index (χ4n) is 3.05. The van der Waals surface area contributed by atoms with Crippen LogP contribution in [0.4, 0.5) is 11.4 Å². The molecule has 3 N–H and O–H groups in total. The molecule has 1 heterocycles. The number of methoxy groups -OCH3 is 1. The van der Waals surface area contributed by atoms with Crippen molar-refractivity contribution >= 4 is 63.4 Å². The number of hydrogen-bond acceptors (Lipinski definition) is 6. The van der Waals surface area contributed by atoms with Crippen molar-refractivity contribution < 1.29 is 18.8 Å². The number of aliphatic hydroxyl groups excluding tert-OH is 1. The number of anilines is 2. The first kappa shape index (κ1) is 21.3. The molecule has 3 rings (SSSR count). The maximum absolute atomic E-state index is 13.2. The quantitative estimate of drug-likeness (QED) is 0.190. The van der Waals surface area contributed by atoms with E-state index < -0.39 is 0 Å². The average molecular weight is 582 g/mol. The summed E-state index contributed by atoms with van der Waals surface area (Å²) in [6.45, 7) is -0.128. The minimum atomic E-state index is -0.317. The zero-order valence-corrected chi connectivity index (χ0v) is 20.4. The van der Waals surface area contributed by atoms with Crippen LogP contribution >= 0.6 is 7.81 Å². The van der Waals surface area contributed by atoms with Gasteiger partial charge >= 0.3 is 151 Å². The van der Waals surface area contributed by atoms with Crippen molar-refractivity contribution in [2.45, 2.75) is 12.5 Å². The summed E-state index contributed by atoms with van der Waals surface area (Å²) in [5, 5.41) is 9.71. The van der Waals surface area contributed by atoms with Crippen molar-refractivity contribution in [3.05, 3.63) is 47.5 Å². The monoisotopic (exact) mass is 582 g/mol. The first-order valence-corrected chi connectivity index (χ1v) is 9.58. The van der Waals surface area contributed by atoms with Gasteiger partial charge in [0.25, 0.3) is 0 Å². The Bertz CT molecular complexity index is 874. The summed E-state index contributed by atoms with van der Waals surface area (Å²) in [4.78, 5) is 14.8. The van der Waals surface area contributed by atoms with Gasteiger partial charge < -0.3 is 0 Å². The zero-order valence-electron chi connectivity index (χ0n) is 14.1. The van der Waals surface area contributed by atoms with Crippen LogP contribution in [0.5, 0.6) is 11.5 Å². The number of benzene rings is 2. The molecular formula is C17H18N2O4PSTl-. The maximum Gasteiger partial charge on any atom is 0 e. The van der Waals surface area contributed by atoms with E-state index in [0.29, 0.717) is 34.5 Å². The molecule has 0 aromatic heterocycles. The number of aliphatic hydroxyl groups is 1. The normalized spacial score (nSPS) is 15.1. The average Bonchev–Trinajstić information content (AvgIpc) is 3.00. The number of carbonyl (C=O) groups excluding carboxylic acids is 1. The molecule has 0 bridgehead atoms. The zero-order chi connectivity index (χ0) is 18.0. The van der Waals surface area contributed by atoms with Gasteiger partial charge in [0.05, 0.1) is 0 Å². The van der Waals surface area contributed by atoms with Gasteiger partial charge in [0, 0.05) is 27.3 Å². The summed E-state index contributed by atoms with van der Waals surface area (Å²) >= 11 is 0.394. The van der Waals surface area contributed by atoms with Crippen LogP contribution in [0.15, 0.2) is 36.4 Å². The Kier molecular flexibility index (Phi) is 7.57. The van der Waals surface area contributed by atoms with Crippen LogP contribution in [0.25, 0.3) is 0 Å². The number of fused-ring (bicyclic) bond motifs is 1. The molecule has 1 aliphatic rings. The topological polar surface area (TPSA) is 85.0 Å². The van der Waals surface area contributed by atoms with E-state index in [-0.39, 0.29) is 51.5 Å². The van der Waals surface area contributed by atoms with Gasteiger partial charge in [-0.1, -0.05) is 0 Å². The third kappa shape index (κ3) is 3.95. The van der Waals surface area contributed by atoms with Gasteiger partial charge in [-0.2, -0.15) is 0 Å². The largest absolute Gasteiger partial charge is 0 e. The molecule has 135 valence electrons. The third-order valence-electron chi connectivity index (χ3n) is 4.21. The second-order valence-electron chi connectivity index (χ2n) is 5.61. The van der Waals surface area contributed by atoms with Crippen molar-refractivity contribution in [2.24, 2.45) is 0 Å². The van der Waals surface area contributed by atoms with Crippen LogP contribution in [-0.2, 0) is 17.4 Å². The third-order valence-corrected chi connectivity index (χ3v) is 4.73. The second-order valence-corrected chi connectivity index (χ2v) is 6.44. The molecule has 1 radical (unpaired) electrons. The first-order valence-electron chi connectivity index (χ1n) is 7.62. The molecule has 2 aromatic carbocycles. The van der Waals surface area contributed by atoms with Crippen LogP contribution in [0.3, 0.4) is 0 Å². The van der Waals surface area contributed by atoms with Gasteiger partial charge in [0.1, 0.15) is 0 Å². The van der Waals surface area contributed by atoms with Crippen LogP contribution < -0.4 is 19.6 Å². The molecule has 9 heteroatoms. The molecule has 1 atom stereocenters. The summed E-state index contributed by atoms with van der Waals surface area (Å²) in [5.74, 6) is 0.524. The predicted molar refractivity (Wildman–Crippen MR) is 107 cm³/mol. The van der Waals surface area contributed by atoms with E-state index in [1.807, 2.05) is 24.3 Å². The number of nitrogens with zero attached hydrogens (tertiary/aromatic N) is 1. The van der Waals surface area contributed by atoms with Gasteiger partial charge in [-0.15, -0.1) is 0 Å². The Balaban J connectivity index is 0.00000243. The fourth-order valence-corrected chi connectivity index (χ4v) is 3.54. The van der Waals surface area contributed by atoms with Crippen molar-refractivity contribution in [2.75, 3.05) is 24.4 Å². The summed E-state index contributed by atoms with van der Waals surface area (Å²) in [6.07, 6.45) is 0.606. The van der Waals surface area contributed by atoms with Gasteiger partial charge in [-0.3, -0.25) is 0 Å². The summed E-state index contributed by atoms with van der Waals surface area (Å²) in [6, 6.07) is 10.4. The molecule has 0 spiro atoms. The van der Waals surface area contributed by atoms with E-state index in [1.54, 1.807) is 17.0 Å². The Hall–Kier alpha value is -1.03. The van der Waals surface area contributed by atoms with E-state index in [0.717, 1.165) is 11.3 Å². The van der Waals surface area contributed by atoms with Gasteiger partial charge in [0.15, 0.2) is 0 Å². The second kappa shape index (κ2) is 9.25. The minimum Gasteiger partial charge on any atom is 0 e. The van der Waals surface area contributed by atoms with E-state index in [2.05, 4.69) is 7.81 Å². The molecule has 0 aliphatic carbocycles. The van der Waals surface area contributed by atoms with Gasteiger partial charge in [0.2, 0.25) is 0 Å². The first-order chi connectivity index (χ1) is 12.1. The summed E-state index contributed by atoms with van der Waals surface area (Å²) < 4.78 is 10.6. The van der Waals surface area contributed by atoms with Gasteiger partial charge in [-0.05, 0) is 0 Å². The predicted octanol–water partition coefficient (Wildman–Crippen LogP) is 1.89. The number of amides is 1. The molecule has 0 saturated heterocycles. The minimum absolute atomic E-state index is 0. The molecule has 1 aliphatic heterocycles. The molecule has 0 unspecified atom stereocenters. The number of ether oxygens (including phenoxy) is 1. The number of thiol groups is 1. The molecular weight excluding hydrogens is 564 g/mol. The number of carbonyl (C=O) groups is 1. The van der Waals surface area contributed by atoms with E-state index in [1.165, 1.54) is 7.11 Å². The number of nitrogens with two attached hydrogens (primary N) is 1. The molecule has 26 heavy (non-hydrogen) atoms. The van der Waals surface area contributed by atoms with Gasteiger partial charge in [-0.25, -0.2) is 0 Å². The molecule has 0 saturated carbocycles. The van der Waals surface area contributed by atoms with Crippen molar-refractivity contribution in [1.82, 2.24) is 0 Å². The van der Waals surface area contributed by atoms with Crippen molar-refractivity contribution in [3.8, 4) is 11.5 Å². The van der Waals surface area contributed by atoms with Crippen LogP contribution in [0, 0.1) is 0 Å². The Morgan fingerprint density at radius 2 is 2.12 bits per heavy atom. The number of para-hydroxylation sites is 1. The smallest absolute Gasteiger partial charge is 0 e. The van der Waals surface area contributed by atoms with Crippen molar-refractivity contribution in [3.63, 3.8) is 0 Å². The summed E-state index contributed by atoms with van der Waals surface area (Å²) in [7, 11) is 5.49. The number of rotatable bonds is 4. The standard InChI is InChI=1S/C17H18N2O4PS.Tl/c1-22-15-7-12(13(18)8-16(15)23-25-24)17(21)19-11(9-20)6-10-4-2-3-5-14(10)19;/h2-5,7-8,11,20,25H,6,9,18H2,1H3;/q-1;/t11-;/m0./s1.